The normalized spacial score (nSPS) is 14.6. The van der Waals surface area contributed by atoms with Crippen LogP contribution < -0.4 is 5.32 Å². The van der Waals surface area contributed by atoms with Crippen molar-refractivity contribution in [1.82, 2.24) is 5.32 Å². The molecule has 0 aromatic heterocycles. The Hall–Kier alpha value is -0.0300. The van der Waals surface area contributed by atoms with Gasteiger partial charge in [-0.2, -0.15) is 0 Å². The minimum Gasteiger partial charge on any atom is -0.395 e. The van der Waals surface area contributed by atoms with Gasteiger partial charge in [0.15, 0.2) is 0 Å². The molecule has 0 spiro atoms. The standard InChI is InChI=1S/C13H20BrNOS/c1-4-15-10(3)12-6-5-11(7-13(12)14)17-9(2)8-16/h5-7,9-10,15-16H,4,8H2,1-3H3. The van der Waals surface area contributed by atoms with Crippen LogP contribution in [0.5, 0.6) is 0 Å². The summed E-state index contributed by atoms with van der Waals surface area (Å²) in [6.45, 7) is 7.46. The summed E-state index contributed by atoms with van der Waals surface area (Å²) in [6.07, 6.45) is 0. The highest BCUT2D eigenvalue weighted by Crippen LogP contribution is 2.30. The van der Waals surface area contributed by atoms with Gasteiger partial charge in [0.1, 0.15) is 0 Å². The number of thioether (sulfide) groups is 1. The number of benzene rings is 1. The molecule has 0 saturated heterocycles. The second-order valence-corrected chi connectivity index (χ2v) is 6.44. The number of halogens is 1. The maximum atomic E-state index is 9.04. The molecule has 0 fully saturated rings. The molecule has 2 unspecified atom stereocenters. The van der Waals surface area contributed by atoms with Crippen molar-refractivity contribution in [2.45, 2.75) is 37.0 Å². The van der Waals surface area contributed by atoms with E-state index in [1.54, 1.807) is 11.8 Å². The van der Waals surface area contributed by atoms with Crippen LogP contribution in [0.3, 0.4) is 0 Å². The molecular weight excluding hydrogens is 298 g/mol. The summed E-state index contributed by atoms with van der Waals surface area (Å²) in [5, 5.41) is 12.7. The minimum atomic E-state index is 0.206. The van der Waals surface area contributed by atoms with Gasteiger partial charge in [0, 0.05) is 20.7 Å². The van der Waals surface area contributed by atoms with Gasteiger partial charge >= 0.3 is 0 Å². The van der Waals surface area contributed by atoms with Crippen LogP contribution in [0.2, 0.25) is 0 Å². The molecule has 0 amide bonds. The lowest BCUT2D eigenvalue weighted by Gasteiger charge is -2.16. The Balaban J connectivity index is 2.78. The molecule has 0 radical (unpaired) electrons. The Kier molecular flexibility index (Phi) is 6.55. The van der Waals surface area contributed by atoms with E-state index in [-0.39, 0.29) is 11.9 Å². The highest BCUT2D eigenvalue weighted by atomic mass is 79.9. The highest BCUT2D eigenvalue weighted by molar-refractivity contribution is 9.10. The van der Waals surface area contributed by atoms with Crippen molar-refractivity contribution in [2.24, 2.45) is 0 Å². The number of rotatable bonds is 6. The number of aliphatic hydroxyl groups excluding tert-OH is 1. The molecule has 0 aliphatic rings. The highest BCUT2D eigenvalue weighted by Gasteiger charge is 2.10. The fourth-order valence-electron chi connectivity index (χ4n) is 1.62. The predicted octanol–water partition coefficient (Wildman–Crippen LogP) is 3.59. The molecule has 1 rings (SSSR count). The SMILES string of the molecule is CCNC(C)c1ccc(SC(C)CO)cc1Br. The molecule has 4 heteroatoms. The Bertz CT molecular complexity index is 359. The average molecular weight is 318 g/mol. The van der Waals surface area contributed by atoms with Gasteiger partial charge in [0.25, 0.3) is 0 Å². The third-order valence-electron chi connectivity index (χ3n) is 2.54. The van der Waals surface area contributed by atoms with Crippen LogP contribution in [0.15, 0.2) is 27.6 Å². The molecule has 1 aromatic carbocycles. The molecular formula is C13H20BrNOS. The molecule has 0 aliphatic carbocycles. The number of aliphatic hydroxyl groups is 1. The number of nitrogens with one attached hydrogen (secondary N) is 1. The van der Waals surface area contributed by atoms with Gasteiger partial charge in [0.05, 0.1) is 6.61 Å². The minimum absolute atomic E-state index is 0.206. The molecule has 0 saturated carbocycles. The van der Waals surface area contributed by atoms with Gasteiger partial charge in [-0.05, 0) is 31.2 Å². The van der Waals surface area contributed by atoms with Crippen molar-refractivity contribution >= 4 is 27.7 Å². The number of hydrogen-bond acceptors (Lipinski definition) is 3. The smallest absolute Gasteiger partial charge is 0.0550 e. The summed E-state index contributed by atoms with van der Waals surface area (Å²) >= 11 is 5.30. The van der Waals surface area contributed by atoms with E-state index in [9.17, 15) is 0 Å². The van der Waals surface area contributed by atoms with Gasteiger partial charge in [-0.15, -0.1) is 11.8 Å². The first-order chi connectivity index (χ1) is 8.08. The zero-order valence-electron chi connectivity index (χ0n) is 10.5. The van der Waals surface area contributed by atoms with Crippen LogP contribution >= 0.6 is 27.7 Å². The lowest BCUT2D eigenvalue weighted by atomic mass is 10.1. The maximum Gasteiger partial charge on any atom is 0.0550 e. The summed E-state index contributed by atoms with van der Waals surface area (Å²) in [5.41, 5.74) is 1.27. The molecule has 1 aromatic rings. The fourth-order valence-corrected chi connectivity index (χ4v) is 3.36. The van der Waals surface area contributed by atoms with Gasteiger partial charge < -0.3 is 10.4 Å². The van der Waals surface area contributed by atoms with E-state index in [1.165, 1.54) is 10.5 Å². The molecule has 2 atom stereocenters. The second-order valence-electron chi connectivity index (χ2n) is 4.07. The topological polar surface area (TPSA) is 32.3 Å². The monoisotopic (exact) mass is 317 g/mol. The first-order valence-electron chi connectivity index (χ1n) is 5.88. The summed E-state index contributed by atoms with van der Waals surface area (Å²) in [5.74, 6) is 0. The van der Waals surface area contributed by atoms with Gasteiger partial charge in [-0.25, -0.2) is 0 Å². The van der Waals surface area contributed by atoms with Gasteiger partial charge in [-0.1, -0.05) is 35.8 Å². The van der Waals surface area contributed by atoms with Crippen molar-refractivity contribution in [3.8, 4) is 0 Å². The zero-order chi connectivity index (χ0) is 12.8. The van der Waals surface area contributed by atoms with Crippen LogP contribution in [0.1, 0.15) is 32.4 Å². The van der Waals surface area contributed by atoms with E-state index in [1.807, 2.05) is 6.92 Å². The van der Waals surface area contributed by atoms with E-state index in [2.05, 4.69) is 53.3 Å². The molecule has 0 aliphatic heterocycles. The van der Waals surface area contributed by atoms with Crippen molar-refractivity contribution < 1.29 is 5.11 Å². The summed E-state index contributed by atoms with van der Waals surface area (Å²) < 4.78 is 1.13. The Morgan fingerprint density at radius 1 is 1.41 bits per heavy atom. The van der Waals surface area contributed by atoms with Gasteiger partial charge in [0.2, 0.25) is 0 Å². The van der Waals surface area contributed by atoms with Crippen LogP contribution in [0.4, 0.5) is 0 Å². The third kappa shape index (κ3) is 4.62. The quantitative estimate of drug-likeness (QED) is 0.786. The summed E-state index contributed by atoms with van der Waals surface area (Å²) in [7, 11) is 0. The van der Waals surface area contributed by atoms with Crippen molar-refractivity contribution in [3.05, 3.63) is 28.2 Å². The van der Waals surface area contributed by atoms with Crippen LogP contribution in [-0.2, 0) is 0 Å². The Morgan fingerprint density at radius 3 is 2.65 bits per heavy atom. The van der Waals surface area contributed by atoms with E-state index in [0.29, 0.717) is 6.04 Å². The average Bonchev–Trinajstić information content (AvgIpc) is 2.29. The molecule has 0 bridgehead atoms. The molecule has 2 N–H and O–H groups in total. The van der Waals surface area contributed by atoms with Crippen molar-refractivity contribution in [1.29, 1.82) is 0 Å². The van der Waals surface area contributed by atoms with Crippen LogP contribution in [-0.4, -0.2) is 23.5 Å². The Labute approximate surface area is 116 Å². The van der Waals surface area contributed by atoms with Crippen LogP contribution in [0.25, 0.3) is 0 Å². The second kappa shape index (κ2) is 7.41. The summed E-state index contributed by atoms with van der Waals surface area (Å²) in [4.78, 5) is 1.19. The van der Waals surface area contributed by atoms with E-state index in [0.717, 1.165) is 11.0 Å². The van der Waals surface area contributed by atoms with E-state index in [4.69, 9.17) is 5.11 Å². The van der Waals surface area contributed by atoms with Gasteiger partial charge in [-0.3, -0.25) is 0 Å². The van der Waals surface area contributed by atoms with Crippen molar-refractivity contribution in [3.63, 3.8) is 0 Å². The lowest BCUT2D eigenvalue weighted by molar-refractivity contribution is 0.300. The molecule has 2 nitrogen and oxygen atoms in total. The van der Waals surface area contributed by atoms with Crippen LogP contribution in [0, 0.1) is 0 Å². The Morgan fingerprint density at radius 2 is 2.12 bits per heavy atom. The zero-order valence-corrected chi connectivity index (χ0v) is 12.9. The first kappa shape index (κ1) is 15.0. The van der Waals surface area contributed by atoms with E-state index < -0.39 is 0 Å². The predicted molar refractivity (Wildman–Crippen MR) is 78.6 cm³/mol. The van der Waals surface area contributed by atoms with E-state index >= 15 is 0 Å². The maximum absolute atomic E-state index is 9.04. The fraction of sp³-hybridized carbons (Fsp3) is 0.538. The largest absolute Gasteiger partial charge is 0.395 e. The van der Waals surface area contributed by atoms with Crippen molar-refractivity contribution in [2.75, 3.05) is 13.2 Å². The lowest BCUT2D eigenvalue weighted by Crippen LogP contribution is -2.18. The summed E-state index contributed by atoms with van der Waals surface area (Å²) in [6, 6.07) is 6.73. The number of hydrogen-bond donors (Lipinski definition) is 2. The molecule has 96 valence electrons. The molecule has 17 heavy (non-hydrogen) atoms. The third-order valence-corrected chi connectivity index (χ3v) is 4.31. The molecule has 0 heterocycles. The first-order valence-corrected chi connectivity index (χ1v) is 7.56.